The van der Waals surface area contributed by atoms with Crippen LogP contribution in [0.4, 0.5) is 27.2 Å². The Morgan fingerprint density at radius 3 is 2.52 bits per heavy atom. The minimum Gasteiger partial charge on any atom is -0.406 e. The molecule has 3 rings (SSSR count). The highest BCUT2D eigenvalue weighted by Crippen LogP contribution is 2.33. The van der Waals surface area contributed by atoms with Crippen LogP contribution in [-0.4, -0.2) is 74.2 Å². The Morgan fingerprint density at radius 2 is 1.94 bits per heavy atom. The number of benzene rings is 1. The van der Waals surface area contributed by atoms with Gasteiger partial charge in [-0.1, -0.05) is 6.07 Å². The van der Waals surface area contributed by atoms with Crippen LogP contribution in [0.15, 0.2) is 18.2 Å². The monoisotopic (exact) mass is 476 g/mol. The number of alkyl halides is 3. The number of halogens is 4. The minimum atomic E-state index is -4.92. The van der Waals surface area contributed by atoms with Crippen LogP contribution in [0.25, 0.3) is 0 Å². The molecule has 12 heteroatoms. The van der Waals surface area contributed by atoms with Gasteiger partial charge in [0.15, 0.2) is 0 Å². The number of likely N-dealkylation sites (tertiary alicyclic amines) is 1. The predicted molar refractivity (Wildman–Crippen MR) is 110 cm³/mol. The number of piperidine rings is 1. The number of nitrogens with one attached hydrogen (secondary N) is 2. The number of methoxy groups -OCH3 is 1. The van der Waals surface area contributed by atoms with Crippen LogP contribution < -0.4 is 15.4 Å². The molecule has 0 bridgehead atoms. The third kappa shape index (κ3) is 6.86. The van der Waals surface area contributed by atoms with E-state index in [9.17, 15) is 27.2 Å². The summed E-state index contributed by atoms with van der Waals surface area (Å²) < 4.78 is 60.1. The highest BCUT2D eigenvalue weighted by Gasteiger charge is 2.42. The van der Waals surface area contributed by atoms with E-state index < -0.39 is 24.0 Å². The lowest BCUT2D eigenvalue weighted by Crippen LogP contribution is -2.58. The average Bonchev–Trinajstić information content (AvgIpc) is 3.56. The summed E-state index contributed by atoms with van der Waals surface area (Å²) >= 11 is 0. The number of ether oxygens (including phenoxy) is 2. The first kappa shape index (κ1) is 24.9. The van der Waals surface area contributed by atoms with Crippen molar-refractivity contribution in [2.45, 2.75) is 44.3 Å². The van der Waals surface area contributed by atoms with Crippen molar-refractivity contribution in [1.29, 1.82) is 0 Å². The van der Waals surface area contributed by atoms with Gasteiger partial charge >= 0.3 is 18.4 Å². The van der Waals surface area contributed by atoms with Crippen molar-refractivity contribution in [2.24, 2.45) is 5.92 Å². The van der Waals surface area contributed by atoms with E-state index in [2.05, 4.69) is 15.4 Å². The Morgan fingerprint density at radius 1 is 1.21 bits per heavy atom. The zero-order chi connectivity index (χ0) is 24.2. The van der Waals surface area contributed by atoms with Crippen molar-refractivity contribution in [2.75, 3.05) is 33.9 Å². The summed E-state index contributed by atoms with van der Waals surface area (Å²) in [5.41, 5.74) is 0.0292. The molecule has 2 fully saturated rings. The Balaban J connectivity index is 1.67. The standard InChI is InChI=1S/C21H28F4N4O4/c1-26-19(30)28-10-13(12-32-2)7-16(11-28)29(15-4-5-15)20(31)27-9-14-3-6-17(8-18(14)22)33-21(23,24)25/h3,6,8,13,15-16H,4-5,7,9-12H2,1-2H3,(H,26,30)(H,27,31)/t13-,16?/m0/s1. The number of urea groups is 2. The smallest absolute Gasteiger partial charge is 0.406 e. The third-order valence-corrected chi connectivity index (χ3v) is 5.67. The molecule has 0 radical (unpaired) electrons. The van der Waals surface area contributed by atoms with Crippen LogP contribution in [-0.2, 0) is 11.3 Å². The van der Waals surface area contributed by atoms with Crippen molar-refractivity contribution < 1.29 is 36.6 Å². The first-order valence-electron chi connectivity index (χ1n) is 10.7. The van der Waals surface area contributed by atoms with Crippen molar-refractivity contribution in [3.8, 4) is 5.75 Å². The second kappa shape index (κ2) is 10.4. The molecule has 2 N–H and O–H groups in total. The topological polar surface area (TPSA) is 83.1 Å². The van der Waals surface area contributed by atoms with E-state index in [0.717, 1.165) is 25.0 Å². The van der Waals surface area contributed by atoms with Gasteiger partial charge in [-0.15, -0.1) is 13.2 Å². The average molecular weight is 476 g/mol. The van der Waals surface area contributed by atoms with Crippen molar-refractivity contribution >= 4 is 12.1 Å². The van der Waals surface area contributed by atoms with E-state index in [1.54, 1.807) is 24.0 Å². The van der Waals surface area contributed by atoms with Gasteiger partial charge in [0, 0.05) is 57.4 Å². The summed E-state index contributed by atoms with van der Waals surface area (Å²) in [5.74, 6) is -1.53. The van der Waals surface area contributed by atoms with Gasteiger partial charge in [0.1, 0.15) is 11.6 Å². The van der Waals surface area contributed by atoms with Gasteiger partial charge in [-0.3, -0.25) is 0 Å². The van der Waals surface area contributed by atoms with E-state index in [-0.39, 0.29) is 36.1 Å². The van der Waals surface area contributed by atoms with Gasteiger partial charge in [-0.2, -0.15) is 0 Å². The molecule has 2 atom stereocenters. The van der Waals surface area contributed by atoms with E-state index in [1.165, 1.54) is 0 Å². The number of amides is 4. The Labute approximate surface area is 189 Å². The number of rotatable bonds is 7. The van der Waals surface area contributed by atoms with Crippen molar-refractivity contribution in [3.63, 3.8) is 0 Å². The number of nitrogens with zero attached hydrogens (tertiary/aromatic N) is 2. The molecule has 1 aromatic carbocycles. The van der Waals surface area contributed by atoms with E-state index >= 15 is 0 Å². The van der Waals surface area contributed by atoms with Crippen LogP contribution in [0.3, 0.4) is 0 Å². The fourth-order valence-corrected chi connectivity index (χ4v) is 4.17. The van der Waals surface area contributed by atoms with Gasteiger partial charge in [0.25, 0.3) is 0 Å². The quantitative estimate of drug-likeness (QED) is 0.593. The highest BCUT2D eigenvalue weighted by atomic mass is 19.4. The second-order valence-corrected chi connectivity index (χ2v) is 8.27. The molecule has 8 nitrogen and oxygen atoms in total. The number of hydrogen-bond acceptors (Lipinski definition) is 4. The molecule has 1 saturated carbocycles. The maximum Gasteiger partial charge on any atom is 0.573 e. The highest BCUT2D eigenvalue weighted by molar-refractivity contribution is 5.76. The number of hydrogen-bond donors (Lipinski definition) is 2. The fourth-order valence-electron chi connectivity index (χ4n) is 4.17. The largest absolute Gasteiger partial charge is 0.573 e. The summed E-state index contributed by atoms with van der Waals surface area (Å²) in [7, 11) is 3.13. The molecular formula is C21H28F4N4O4. The van der Waals surface area contributed by atoms with Crippen molar-refractivity contribution in [1.82, 2.24) is 20.4 Å². The molecular weight excluding hydrogens is 448 g/mol. The summed E-state index contributed by atoms with van der Waals surface area (Å²) in [6.45, 7) is 1.12. The van der Waals surface area contributed by atoms with E-state index in [1.807, 2.05) is 0 Å². The molecule has 33 heavy (non-hydrogen) atoms. The lowest BCUT2D eigenvalue weighted by atomic mass is 9.94. The van der Waals surface area contributed by atoms with Crippen LogP contribution in [0.2, 0.25) is 0 Å². The van der Waals surface area contributed by atoms with Crippen LogP contribution >= 0.6 is 0 Å². The molecule has 1 heterocycles. The lowest BCUT2D eigenvalue weighted by molar-refractivity contribution is -0.274. The zero-order valence-corrected chi connectivity index (χ0v) is 18.5. The maximum absolute atomic E-state index is 14.2. The Bertz CT molecular complexity index is 850. The molecule has 1 aliphatic heterocycles. The minimum absolute atomic E-state index is 0.0234. The Kier molecular flexibility index (Phi) is 7.88. The van der Waals surface area contributed by atoms with E-state index in [4.69, 9.17) is 4.74 Å². The Hall–Kier alpha value is -2.76. The first-order chi connectivity index (χ1) is 15.6. The van der Waals surface area contributed by atoms with Gasteiger partial charge in [-0.05, 0) is 25.3 Å². The number of carbonyl (C=O) groups is 2. The first-order valence-corrected chi connectivity index (χ1v) is 10.7. The normalized spacial score (nSPS) is 20.8. The van der Waals surface area contributed by atoms with Crippen LogP contribution in [0.1, 0.15) is 24.8 Å². The second-order valence-electron chi connectivity index (χ2n) is 8.27. The summed E-state index contributed by atoms with van der Waals surface area (Å²) in [4.78, 5) is 28.6. The van der Waals surface area contributed by atoms with Crippen LogP contribution in [0, 0.1) is 11.7 Å². The summed E-state index contributed by atoms with van der Waals surface area (Å²) in [5, 5.41) is 5.27. The maximum atomic E-state index is 14.2. The van der Waals surface area contributed by atoms with Crippen LogP contribution in [0.5, 0.6) is 5.75 Å². The number of carbonyl (C=O) groups excluding carboxylic acids is 2. The molecule has 0 spiro atoms. The fraction of sp³-hybridized carbons (Fsp3) is 0.619. The molecule has 1 unspecified atom stereocenters. The molecule has 1 aliphatic carbocycles. The van der Waals surface area contributed by atoms with Gasteiger partial charge in [0.05, 0.1) is 12.6 Å². The molecule has 184 valence electrons. The molecule has 2 aliphatic rings. The van der Waals surface area contributed by atoms with E-state index in [0.29, 0.717) is 32.2 Å². The van der Waals surface area contributed by atoms with Gasteiger partial charge < -0.3 is 29.9 Å². The third-order valence-electron chi connectivity index (χ3n) is 5.67. The lowest BCUT2D eigenvalue weighted by Gasteiger charge is -2.42. The SMILES string of the molecule is CNC(=O)N1CC(N(C(=O)NCc2ccc(OC(F)(F)F)cc2F)C2CC2)C[C@H](COC)C1. The van der Waals surface area contributed by atoms with Gasteiger partial charge in [-0.25, -0.2) is 14.0 Å². The molecule has 4 amide bonds. The van der Waals surface area contributed by atoms with Crippen molar-refractivity contribution in [3.05, 3.63) is 29.6 Å². The zero-order valence-electron chi connectivity index (χ0n) is 18.5. The summed E-state index contributed by atoms with van der Waals surface area (Å²) in [6.07, 6.45) is -2.60. The predicted octanol–water partition coefficient (Wildman–Crippen LogP) is 3.07. The molecule has 1 saturated heterocycles. The summed E-state index contributed by atoms with van der Waals surface area (Å²) in [6, 6.07) is 1.90. The molecule has 0 aromatic heterocycles. The van der Waals surface area contributed by atoms with Gasteiger partial charge in [0.2, 0.25) is 0 Å². The molecule has 1 aromatic rings.